The maximum atomic E-state index is 11.4. The second-order valence-electron chi connectivity index (χ2n) is 6.93. The van der Waals surface area contributed by atoms with E-state index < -0.39 is 9.39 Å². The molecule has 1 aromatic carbocycles. The highest BCUT2D eigenvalue weighted by Crippen LogP contribution is 2.25. The average Bonchev–Trinajstić information content (AvgIpc) is 2.75. The van der Waals surface area contributed by atoms with Crippen molar-refractivity contribution in [3.63, 3.8) is 0 Å². The summed E-state index contributed by atoms with van der Waals surface area (Å²) in [5.74, 6) is 9.32. The number of ketones is 1. The Hall–Kier alpha value is -2.37. The lowest BCUT2D eigenvalue weighted by Gasteiger charge is -2.16. The summed E-state index contributed by atoms with van der Waals surface area (Å²) in [6.07, 6.45) is 6.92. The van der Waals surface area contributed by atoms with Gasteiger partial charge in [0.15, 0.2) is 5.78 Å². The van der Waals surface area contributed by atoms with Crippen LogP contribution < -0.4 is 10.6 Å². The van der Waals surface area contributed by atoms with E-state index in [4.69, 9.17) is 4.40 Å². The number of nitrogens with zero attached hydrogens (tertiary/aromatic N) is 1. The van der Waals surface area contributed by atoms with Crippen molar-refractivity contribution in [3.8, 4) is 0 Å². The van der Waals surface area contributed by atoms with Gasteiger partial charge >= 0.3 is 0 Å². The average molecular weight is 460 g/mol. The molecule has 0 saturated carbocycles. The lowest BCUT2D eigenvalue weighted by Crippen LogP contribution is -2.08. The van der Waals surface area contributed by atoms with Crippen LogP contribution in [0.5, 0.6) is 0 Å². The summed E-state index contributed by atoms with van der Waals surface area (Å²) in [5.41, 5.74) is 4.08. The summed E-state index contributed by atoms with van der Waals surface area (Å²) in [5, 5.41) is 6.23. The summed E-state index contributed by atoms with van der Waals surface area (Å²) < 4.78 is 4.78. The lowest BCUT2D eigenvalue weighted by atomic mass is 10.1. The molecule has 0 radical (unpaired) electrons. The summed E-state index contributed by atoms with van der Waals surface area (Å²) in [6.45, 7) is 18.9. The number of rotatable bonds is 10. The minimum Gasteiger partial charge on any atom is -0.355 e. The van der Waals surface area contributed by atoms with Gasteiger partial charge in [0.25, 0.3) is 0 Å². The Morgan fingerprint density at radius 3 is 2.06 bits per heavy atom. The Morgan fingerprint density at radius 1 is 1.12 bits per heavy atom. The van der Waals surface area contributed by atoms with E-state index in [1.165, 1.54) is 0 Å². The van der Waals surface area contributed by atoms with Gasteiger partial charge in [0.2, 0.25) is 0 Å². The molecule has 0 spiro atoms. The van der Waals surface area contributed by atoms with Gasteiger partial charge in [-0.1, -0.05) is 64.2 Å². The number of carbonyl (C=O) groups excluding carboxylic acids is 1. The van der Waals surface area contributed by atoms with Gasteiger partial charge in [0.05, 0.1) is 5.71 Å². The van der Waals surface area contributed by atoms with Crippen LogP contribution in [-0.2, 0) is 0 Å². The van der Waals surface area contributed by atoms with E-state index in [2.05, 4.69) is 42.8 Å². The fourth-order valence-electron chi connectivity index (χ4n) is 2.43. The molecule has 1 rings (SSSR count). The normalized spacial score (nSPS) is 11.8. The molecule has 32 heavy (non-hydrogen) atoms. The van der Waals surface area contributed by atoms with Crippen LogP contribution in [0.25, 0.3) is 0 Å². The monoisotopic (exact) mass is 459 g/mol. The van der Waals surface area contributed by atoms with Crippen molar-refractivity contribution >= 4 is 38.3 Å². The predicted molar refractivity (Wildman–Crippen MR) is 153 cm³/mol. The van der Waals surface area contributed by atoms with Gasteiger partial charge in [-0.25, -0.2) is 4.40 Å². The first-order valence-corrected chi connectivity index (χ1v) is 13.3. The van der Waals surface area contributed by atoms with Crippen LogP contribution in [0, 0.1) is 0 Å². The van der Waals surface area contributed by atoms with Crippen molar-refractivity contribution in [3.05, 3.63) is 65.9 Å². The molecular weight excluding hydrogens is 414 g/mol. The molecule has 0 atom stereocenters. The van der Waals surface area contributed by atoms with E-state index in [0.717, 1.165) is 41.4 Å². The standard InChI is InChI=1S/C22H30N2OS.C3H9N.C2H6/c1-8-10-11-22(18(4)24-26(6,7)16-9-2)17(3)23-21-14-12-20(13-15-21)19(5)25;1-3-4-2;1-2/h8,10-15,23H,3,6-7,9,16H2,1-2,4-5H3;4H,3H2,1-2H3;1-2H3/b10-8-,22-11-,24-18+;;. The molecule has 0 aliphatic heterocycles. The van der Waals surface area contributed by atoms with Crippen LogP contribution >= 0.6 is 9.39 Å². The fourth-order valence-corrected chi connectivity index (χ4v) is 3.96. The van der Waals surface area contributed by atoms with E-state index >= 15 is 0 Å². The molecule has 0 amide bonds. The van der Waals surface area contributed by atoms with Crippen molar-refractivity contribution in [1.29, 1.82) is 0 Å². The highest BCUT2D eigenvalue weighted by Gasteiger charge is 2.08. The van der Waals surface area contributed by atoms with E-state index in [-0.39, 0.29) is 5.78 Å². The third kappa shape index (κ3) is 13.8. The molecule has 0 aliphatic carbocycles. The second kappa shape index (κ2) is 18.2. The second-order valence-corrected chi connectivity index (χ2v) is 9.52. The first-order chi connectivity index (χ1) is 15.1. The Bertz CT molecular complexity index is 872. The van der Waals surface area contributed by atoms with Crippen LogP contribution in [-0.4, -0.2) is 42.6 Å². The van der Waals surface area contributed by atoms with Gasteiger partial charge in [0, 0.05) is 28.3 Å². The third-order valence-corrected chi connectivity index (χ3v) is 5.85. The van der Waals surface area contributed by atoms with Crippen molar-refractivity contribution in [2.24, 2.45) is 4.40 Å². The molecule has 0 saturated heterocycles. The maximum Gasteiger partial charge on any atom is 0.159 e. The SMILES string of the molecule is C=C(Nc1ccc(C(C)=O)cc1)C(=C/C=C\C)/C(C)=N/S(=C)(=C)CCC.CC.CCNC. The van der Waals surface area contributed by atoms with E-state index in [1.807, 2.05) is 65.1 Å². The van der Waals surface area contributed by atoms with E-state index in [0.29, 0.717) is 5.56 Å². The molecular formula is C27H45N3OS. The first kappa shape index (κ1) is 31.8. The van der Waals surface area contributed by atoms with Crippen LogP contribution in [0.2, 0.25) is 0 Å². The van der Waals surface area contributed by atoms with Gasteiger partial charge < -0.3 is 10.6 Å². The molecule has 0 heterocycles. The molecule has 0 aliphatic rings. The van der Waals surface area contributed by atoms with Crippen molar-refractivity contribution in [2.75, 3.05) is 24.7 Å². The predicted octanol–water partition coefficient (Wildman–Crippen LogP) is 7.02. The number of hydrogen-bond acceptors (Lipinski definition) is 4. The smallest absolute Gasteiger partial charge is 0.159 e. The Kier molecular flexibility index (Phi) is 18.1. The minimum absolute atomic E-state index is 0.0492. The van der Waals surface area contributed by atoms with Crippen LogP contribution in [0.15, 0.2) is 64.7 Å². The quantitative estimate of drug-likeness (QED) is 0.171. The molecule has 5 heteroatoms. The molecule has 0 aromatic heterocycles. The van der Waals surface area contributed by atoms with Crippen LogP contribution in [0.3, 0.4) is 0 Å². The molecule has 0 fully saturated rings. The summed E-state index contributed by atoms with van der Waals surface area (Å²) in [7, 11) is 0.425. The van der Waals surface area contributed by atoms with Crippen LogP contribution in [0.4, 0.5) is 5.69 Å². The number of benzene rings is 1. The largest absolute Gasteiger partial charge is 0.355 e. The minimum atomic E-state index is -1.51. The highest BCUT2D eigenvalue weighted by molar-refractivity contribution is 8.26. The Morgan fingerprint density at radius 2 is 1.66 bits per heavy atom. The van der Waals surface area contributed by atoms with E-state index in [9.17, 15) is 4.79 Å². The number of allylic oxidation sites excluding steroid dienone is 4. The maximum absolute atomic E-state index is 11.4. The molecule has 180 valence electrons. The summed E-state index contributed by atoms with van der Waals surface area (Å²) >= 11 is 0. The van der Waals surface area contributed by atoms with Gasteiger partial charge in [0.1, 0.15) is 0 Å². The molecule has 4 nitrogen and oxygen atoms in total. The number of carbonyl (C=O) groups is 1. The van der Waals surface area contributed by atoms with Crippen LogP contribution in [0.1, 0.15) is 65.2 Å². The molecule has 0 unspecified atom stereocenters. The number of nitrogens with one attached hydrogen (secondary N) is 2. The zero-order valence-corrected chi connectivity index (χ0v) is 22.4. The number of Topliss-reactive ketones (excluding diaryl/α,β-unsaturated/α-hetero) is 1. The van der Waals surface area contributed by atoms with Gasteiger partial charge in [-0.15, -0.1) is 9.39 Å². The van der Waals surface area contributed by atoms with Crippen molar-refractivity contribution in [1.82, 2.24) is 5.32 Å². The van der Waals surface area contributed by atoms with Gasteiger partial charge in [-0.2, -0.15) is 0 Å². The van der Waals surface area contributed by atoms with Crippen molar-refractivity contribution < 1.29 is 4.79 Å². The summed E-state index contributed by atoms with van der Waals surface area (Å²) in [4.78, 5) is 11.4. The number of hydrogen-bond donors (Lipinski definition) is 2. The number of anilines is 1. The molecule has 1 aromatic rings. The highest BCUT2D eigenvalue weighted by atomic mass is 32.2. The first-order valence-electron chi connectivity index (χ1n) is 11.2. The van der Waals surface area contributed by atoms with Gasteiger partial charge in [-0.3, -0.25) is 4.79 Å². The topological polar surface area (TPSA) is 53.5 Å². The summed E-state index contributed by atoms with van der Waals surface area (Å²) in [6, 6.07) is 7.35. The fraction of sp³-hybridized carbons (Fsp3) is 0.407. The van der Waals surface area contributed by atoms with E-state index in [1.54, 1.807) is 19.1 Å². The Balaban J connectivity index is 0. The van der Waals surface area contributed by atoms with Gasteiger partial charge in [-0.05, 0) is 65.0 Å². The lowest BCUT2D eigenvalue weighted by molar-refractivity contribution is 0.101. The third-order valence-electron chi connectivity index (χ3n) is 4.03. The molecule has 0 bridgehead atoms. The zero-order chi connectivity index (χ0) is 25.2. The van der Waals surface area contributed by atoms with Crippen molar-refractivity contribution in [2.45, 2.75) is 54.9 Å². The Labute approximate surface area is 198 Å². The zero-order valence-electron chi connectivity index (χ0n) is 21.5. The molecule has 2 N–H and O–H groups in total.